The van der Waals surface area contributed by atoms with Gasteiger partial charge in [0.25, 0.3) is 0 Å². The van der Waals surface area contributed by atoms with E-state index in [4.69, 9.17) is 0 Å². The molecule has 1 aliphatic heterocycles. The Balaban J connectivity index is 1.84. The standard InChI is InChI=1S/C14H21N3O3S/c1-12-5-7-13(8-6-12)21(19,20)16-11-15-14(18)17-9-3-2-4-10-17/h5-8,16H,2-4,9-11H2,1H3,(H,15,18). The highest BCUT2D eigenvalue weighted by atomic mass is 32.2. The van der Waals surface area contributed by atoms with Gasteiger partial charge in [0.1, 0.15) is 0 Å². The first kappa shape index (κ1) is 15.8. The van der Waals surface area contributed by atoms with Crippen molar-refractivity contribution in [2.45, 2.75) is 31.1 Å². The van der Waals surface area contributed by atoms with Gasteiger partial charge in [-0.05, 0) is 38.3 Å². The Morgan fingerprint density at radius 2 is 1.76 bits per heavy atom. The van der Waals surface area contributed by atoms with Gasteiger partial charge >= 0.3 is 6.03 Å². The minimum absolute atomic E-state index is 0.106. The fourth-order valence-electron chi connectivity index (χ4n) is 2.22. The molecule has 0 aromatic heterocycles. The van der Waals surface area contributed by atoms with Gasteiger partial charge in [0, 0.05) is 13.1 Å². The molecule has 0 radical (unpaired) electrons. The Kier molecular flexibility index (Phi) is 5.19. The molecule has 116 valence electrons. The van der Waals surface area contributed by atoms with E-state index in [-0.39, 0.29) is 17.6 Å². The Morgan fingerprint density at radius 1 is 1.14 bits per heavy atom. The number of carbonyl (C=O) groups is 1. The van der Waals surface area contributed by atoms with Crippen LogP contribution in [-0.2, 0) is 10.0 Å². The molecule has 2 amide bonds. The summed E-state index contributed by atoms with van der Waals surface area (Å²) in [6.07, 6.45) is 3.15. The molecule has 1 heterocycles. The van der Waals surface area contributed by atoms with Gasteiger partial charge in [-0.1, -0.05) is 17.7 Å². The third kappa shape index (κ3) is 4.44. The Bertz CT molecular complexity index is 578. The number of carbonyl (C=O) groups excluding carboxylic acids is 1. The van der Waals surface area contributed by atoms with Gasteiger partial charge in [0.15, 0.2) is 0 Å². The summed E-state index contributed by atoms with van der Waals surface area (Å²) in [6, 6.07) is 6.34. The first-order chi connectivity index (χ1) is 9.99. The fraction of sp³-hybridized carbons (Fsp3) is 0.500. The molecule has 1 aromatic rings. The minimum atomic E-state index is -3.59. The number of aryl methyl sites for hydroxylation is 1. The zero-order chi connectivity index (χ0) is 15.3. The summed E-state index contributed by atoms with van der Waals surface area (Å²) >= 11 is 0. The highest BCUT2D eigenvalue weighted by Gasteiger charge is 2.17. The molecule has 0 atom stereocenters. The second kappa shape index (κ2) is 6.91. The fourth-order valence-corrected chi connectivity index (χ4v) is 3.14. The van der Waals surface area contributed by atoms with Crippen LogP contribution in [0.1, 0.15) is 24.8 Å². The van der Waals surface area contributed by atoms with Gasteiger partial charge in [-0.3, -0.25) is 0 Å². The molecular weight excluding hydrogens is 290 g/mol. The minimum Gasteiger partial charge on any atom is -0.325 e. The molecule has 7 heteroatoms. The summed E-state index contributed by atoms with van der Waals surface area (Å²) in [5, 5.41) is 2.59. The molecule has 1 saturated heterocycles. The molecule has 0 bridgehead atoms. The lowest BCUT2D eigenvalue weighted by atomic mass is 10.1. The zero-order valence-corrected chi connectivity index (χ0v) is 12.9. The summed E-state index contributed by atoms with van der Waals surface area (Å²) in [4.78, 5) is 13.8. The largest absolute Gasteiger partial charge is 0.325 e. The van der Waals surface area contributed by atoms with Gasteiger partial charge in [0.2, 0.25) is 10.0 Å². The molecule has 0 unspecified atom stereocenters. The topological polar surface area (TPSA) is 78.5 Å². The summed E-state index contributed by atoms with van der Waals surface area (Å²) in [5.74, 6) is 0. The summed E-state index contributed by atoms with van der Waals surface area (Å²) in [7, 11) is -3.59. The average Bonchev–Trinajstić information content (AvgIpc) is 2.48. The van der Waals surface area contributed by atoms with Crippen LogP contribution in [0.2, 0.25) is 0 Å². The number of nitrogens with zero attached hydrogens (tertiary/aromatic N) is 1. The molecule has 0 spiro atoms. The highest BCUT2D eigenvalue weighted by molar-refractivity contribution is 7.89. The summed E-state index contributed by atoms with van der Waals surface area (Å²) < 4.78 is 26.4. The lowest BCUT2D eigenvalue weighted by Gasteiger charge is -2.26. The quantitative estimate of drug-likeness (QED) is 0.826. The van der Waals surface area contributed by atoms with E-state index in [0.29, 0.717) is 0 Å². The van der Waals surface area contributed by atoms with Crippen molar-refractivity contribution in [2.75, 3.05) is 19.8 Å². The average molecular weight is 311 g/mol. The van der Waals surface area contributed by atoms with E-state index < -0.39 is 10.0 Å². The Morgan fingerprint density at radius 3 is 2.38 bits per heavy atom. The van der Waals surface area contributed by atoms with E-state index in [0.717, 1.165) is 37.9 Å². The number of urea groups is 1. The molecule has 1 aromatic carbocycles. The molecule has 0 saturated carbocycles. The molecule has 1 aliphatic rings. The van der Waals surface area contributed by atoms with Crippen LogP contribution in [0.3, 0.4) is 0 Å². The van der Waals surface area contributed by atoms with E-state index >= 15 is 0 Å². The number of amides is 2. The van der Waals surface area contributed by atoms with Crippen molar-refractivity contribution < 1.29 is 13.2 Å². The Hall–Kier alpha value is -1.60. The third-order valence-corrected chi connectivity index (χ3v) is 4.89. The number of hydrogen-bond donors (Lipinski definition) is 2. The second-order valence-corrected chi connectivity index (χ2v) is 6.93. The molecule has 2 rings (SSSR count). The van der Waals surface area contributed by atoms with E-state index in [1.165, 1.54) is 0 Å². The number of nitrogens with one attached hydrogen (secondary N) is 2. The van der Waals surface area contributed by atoms with Crippen LogP contribution in [0.5, 0.6) is 0 Å². The lowest BCUT2D eigenvalue weighted by Crippen LogP contribution is -2.46. The van der Waals surface area contributed by atoms with Crippen LogP contribution < -0.4 is 10.0 Å². The Labute approximate surface area is 125 Å². The first-order valence-electron chi connectivity index (χ1n) is 7.08. The maximum atomic E-state index is 12.0. The third-order valence-electron chi connectivity index (χ3n) is 3.48. The van der Waals surface area contributed by atoms with Crippen LogP contribution in [0, 0.1) is 6.92 Å². The van der Waals surface area contributed by atoms with E-state index in [9.17, 15) is 13.2 Å². The highest BCUT2D eigenvalue weighted by Crippen LogP contribution is 2.10. The van der Waals surface area contributed by atoms with Gasteiger partial charge in [-0.25, -0.2) is 13.2 Å². The number of rotatable bonds is 4. The normalized spacial score (nSPS) is 15.8. The van der Waals surface area contributed by atoms with E-state index in [1.807, 2.05) is 6.92 Å². The number of hydrogen-bond acceptors (Lipinski definition) is 3. The van der Waals surface area contributed by atoms with E-state index in [1.54, 1.807) is 29.2 Å². The van der Waals surface area contributed by atoms with Crippen molar-refractivity contribution in [1.82, 2.24) is 14.9 Å². The molecule has 0 aliphatic carbocycles. The van der Waals surface area contributed by atoms with Gasteiger partial charge < -0.3 is 10.2 Å². The molecular formula is C14H21N3O3S. The van der Waals surface area contributed by atoms with Crippen LogP contribution in [-0.4, -0.2) is 39.1 Å². The van der Waals surface area contributed by atoms with Crippen LogP contribution in [0.4, 0.5) is 4.79 Å². The van der Waals surface area contributed by atoms with Crippen LogP contribution in [0.25, 0.3) is 0 Å². The predicted octanol–water partition coefficient (Wildman–Crippen LogP) is 1.43. The molecule has 1 fully saturated rings. The molecule has 21 heavy (non-hydrogen) atoms. The summed E-state index contributed by atoms with van der Waals surface area (Å²) in [5.41, 5.74) is 0.993. The molecule has 2 N–H and O–H groups in total. The number of piperidine rings is 1. The number of sulfonamides is 1. The first-order valence-corrected chi connectivity index (χ1v) is 8.56. The maximum absolute atomic E-state index is 12.0. The lowest BCUT2D eigenvalue weighted by molar-refractivity contribution is 0.186. The van der Waals surface area contributed by atoms with Gasteiger partial charge in [-0.15, -0.1) is 0 Å². The summed E-state index contributed by atoms with van der Waals surface area (Å²) in [6.45, 7) is 3.25. The van der Waals surface area contributed by atoms with Crippen molar-refractivity contribution in [3.63, 3.8) is 0 Å². The van der Waals surface area contributed by atoms with Gasteiger partial charge in [0.05, 0.1) is 11.6 Å². The smallest absolute Gasteiger partial charge is 0.318 e. The molecule has 6 nitrogen and oxygen atoms in total. The second-order valence-electron chi connectivity index (χ2n) is 5.17. The monoisotopic (exact) mass is 311 g/mol. The van der Waals surface area contributed by atoms with Gasteiger partial charge in [-0.2, -0.15) is 4.72 Å². The van der Waals surface area contributed by atoms with Crippen molar-refractivity contribution in [1.29, 1.82) is 0 Å². The van der Waals surface area contributed by atoms with Crippen molar-refractivity contribution in [3.05, 3.63) is 29.8 Å². The van der Waals surface area contributed by atoms with E-state index in [2.05, 4.69) is 10.0 Å². The zero-order valence-electron chi connectivity index (χ0n) is 12.1. The predicted molar refractivity (Wildman–Crippen MR) is 80.3 cm³/mol. The SMILES string of the molecule is Cc1ccc(S(=O)(=O)NCNC(=O)N2CCCCC2)cc1. The maximum Gasteiger partial charge on any atom is 0.318 e. The van der Waals surface area contributed by atoms with Crippen molar-refractivity contribution in [2.24, 2.45) is 0 Å². The van der Waals surface area contributed by atoms with Crippen LogP contribution >= 0.6 is 0 Å². The van der Waals surface area contributed by atoms with Crippen molar-refractivity contribution in [3.8, 4) is 0 Å². The number of likely N-dealkylation sites (tertiary alicyclic amines) is 1. The number of benzene rings is 1. The van der Waals surface area contributed by atoms with Crippen molar-refractivity contribution >= 4 is 16.1 Å². The van der Waals surface area contributed by atoms with Crippen LogP contribution in [0.15, 0.2) is 29.2 Å².